The molecule has 1 saturated carbocycles. The maximum Gasteiger partial charge on any atom is 0.320 e. The minimum Gasteiger partial charge on any atom is -0.334 e. The maximum atomic E-state index is 13.9. The van der Waals surface area contributed by atoms with E-state index in [0.717, 1.165) is 28.5 Å². The van der Waals surface area contributed by atoms with Gasteiger partial charge < -0.3 is 5.32 Å². The van der Waals surface area contributed by atoms with Crippen molar-refractivity contribution in [3.8, 4) is 16.9 Å². The van der Waals surface area contributed by atoms with E-state index in [0.29, 0.717) is 29.9 Å². The third-order valence-corrected chi connectivity index (χ3v) is 6.52. The lowest BCUT2D eigenvalue weighted by atomic mass is 9.94. The van der Waals surface area contributed by atoms with Crippen LogP contribution in [0.5, 0.6) is 0 Å². The monoisotopic (exact) mass is 488 g/mol. The molecule has 0 bridgehead atoms. The van der Waals surface area contributed by atoms with Gasteiger partial charge >= 0.3 is 6.03 Å². The Morgan fingerprint density at radius 3 is 2.58 bits per heavy atom. The predicted octanol–water partition coefficient (Wildman–Crippen LogP) is 5.48. The van der Waals surface area contributed by atoms with Crippen LogP contribution in [0.1, 0.15) is 29.9 Å². The average molecular weight is 489 g/mol. The fourth-order valence-corrected chi connectivity index (χ4v) is 4.76. The Kier molecular flexibility index (Phi) is 6.13. The van der Waals surface area contributed by atoms with Crippen molar-refractivity contribution in [3.63, 3.8) is 0 Å². The second-order valence-electron chi connectivity index (χ2n) is 9.12. The molecular formula is C27H26F2N6O. The molecule has 2 aromatic heterocycles. The first-order valence-electron chi connectivity index (χ1n) is 11.6. The summed E-state index contributed by atoms with van der Waals surface area (Å²) in [5.41, 5.74) is 4.69. The van der Waals surface area contributed by atoms with Crippen molar-refractivity contribution in [2.75, 3.05) is 5.32 Å². The minimum absolute atomic E-state index is 0.204. The number of benzene rings is 2. The fourth-order valence-electron chi connectivity index (χ4n) is 4.76. The van der Waals surface area contributed by atoms with Crippen molar-refractivity contribution in [2.24, 2.45) is 7.05 Å². The van der Waals surface area contributed by atoms with Crippen LogP contribution in [-0.4, -0.2) is 31.6 Å². The Labute approximate surface area is 207 Å². The zero-order valence-electron chi connectivity index (χ0n) is 20.0. The second kappa shape index (κ2) is 9.41. The van der Waals surface area contributed by atoms with Crippen LogP contribution in [-0.2, 0) is 7.05 Å². The standard InChI is InChI=1S/C27H26F2N6O/c1-16-11-21(18-9-10-22(28)23(29)13-18)24(12-16)31-27(36)32-26-17(2)25(19-14-30-34(3)15-19)33-35(26)20-7-5-4-6-8-20/h4-10,13-15,21,24H,1,11-12H2,2-3H3,(H2,31,32,36)/t21-,24+/m0/s1. The molecule has 2 atom stereocenters. The van der Waals surface area contributed by atoms with Crippen LogP contribution in [0.3, 0.4) is 0 Å². The lowest BCUT2D eigenvalue weighted by Gasteiger charge is -2.22. The summed E-state index contributed by atoms with van der Waals surface area (Å²) in [5, 5.41) is 15.0. The molecule has 4 aromatic rings. The van der Waals surface area contributed by atoms with E-state index in [2.05, 4.69) is 22.3 Å². The molecule has 7 nitrogen and oxygen atoms in total. The van der Waals surface area contributed by atoms with Crippen LogP contribution in [0.25, 0.3) is 16.9 Å². The topological polar surface area (TPSA) is 76.8 Å². The van der Waals surface area contributed by atoms with E-state index in [4.69, 9.17) is 5.10 Å². The zero-order chi connectivity index (χ0) is 25.4. The van der Waals surface area contributed by atoms with Crippen molar-refractivity contribution in [3.05, 3.63) is 95.8 Å². The number of amides is 2. The van der Waals surface area contributed by atoms with E-state index >= 15 is 0 Å². The fraction of sp³-hybridized carbons (Fsp3) is 0.222. The molecule has 2 heterocycles. The molecule has 9 heteroatoms. The first-order valence-corrected chi connectivity index (χ1v) is 11.6. The summed E-state index contributed by atoms with van der Waals surface area (Å²) in [4.78, 5) is 13.2. The number of nitrogens with zero attached hydrogens (tertiary/aromatic N) is 4. The van der Waals surface area contributed by atoms with E-state index in [1.54, 1.807) is 21.6 Å². The molecule has 0 radical (unpaired) electrons. The number of aromatic nitrogens is 4. The lowest BCUT2D eigenvalue weighted by Crippen LogP contribution is -2.39. The first kappa shape index (κ1) is 23.5. The summed E-state index contributed by atoms with van der Waals surface area (Å²) < 4.78 is 30.7. The largest absolute Gasteiger partial charge is 0.334 e. The van der Waals surface area contributed by atoms with Gasteiger partial charge in [0.2, 0.25) is 0 Å². The number of anilines is 1. The summed E-state index contributed by atoms with van der Waals surface area (Å²) in [6.45, 7) is 5.95. The molecule has 1 fully saturated rings. The highest BCUT2D eigenvalue weighted by atomic mass is 19.2. The number of nitrogens with one attached hydrogen (secondary N) is 2. The summed E-state index contributed by atoms with van der Waals surface area (Å²) in [7, 11) is 1.83. The maximum absolute atomic E-state index is 13.9. The van der Waals surface area contributed by atoms with Crippen molar-refractivity contribution in [2.45, 2.75) is 31.7 Å². The highest BCUT2D eigenvalue weighted by molar-refractivity contribution is 5.91. The summed E-state index contributed by atoms with van der Waals surface area (Å²) in [5.74, 6) is -1.48. The van der Waals surface area contributed by atoms with Crippen molar-refractivity contribution < 1.29 is 13.6 Å². The van der Waals surface area contributed by atoms with Crippen LogP contribution in [0, 0.1) is 18.6 Å². The number of hydrogen-bond donors (Lipinski definition) is 2. The quantitative estimate of drug-likeness (QED) is 0.365. The van der Waals surface area contributed by atoms with E-state index in [9.17, 15) is 13.6 Å². The number of hydrogen-bond acceptors (Lipinski definition) is 3. The summed E-state index contributed by atoms with van der Waals surface area (Å²) in [6, 6.07) is 12.7. The highest BCUT2D eigenvalue weighted by Crippen LogP contribution is 2.38. The molecule has 36 heavy (non-hydrogen) atoms. The predicted molar refractivity (Wildman–Crippen MR) is 134 cm³/mol. The second-order valence-corrected chi connectivity index (χ2v) is 9.12. The number of para-hydroxylation sites is 1. The summed E-state index contributed by atoms with van der Waals surface area (Å²) >= 11 is 0. The van der Waals surface area contributed by atoms with Crippen LogP contribution in [0.2, 0.25) is 0 Å². The molecule has 2 N–H and O–H groups in total. The molecule has 5 rings (SSSR count). The van der Waals surface area contributed by atoms with Gasteiger partial charge in [0.15, 0.2) is 11.6 Å². The molecule has 0 saturated heterocycles. The van der Waals surface area contributed by atoms with Crippen LogP contribution in [0.15, 0.2) is 73.1 Å². The number of rotatable bonds is 5. The number of urea groups is 1. The Balaban J connectivity index is 1.43. The van der Waals surface area contributed by atoms with Gasteiger partial charge in [0.25, 0.3) is 0 Å². The van der Waals surface area contributed by atoms with Crippen LogP contribution < -0.4 is 10.6 Å². The molecule has 0 spiro atoms. The Hall–Kier alpha value is -4.27. The molecule has 1 aliphatic carbocycles. The van der Waals surface area contributed by atoms with Crippen molar-refractivity contribution >= 4 is 11.8 Å². The van der Waals surface area contributed by atoms with E-state index < -0.39 is 17.7 Å². The van der Waals surface area contributed by atoms with Gasteiger partial charge in [-0.15, -0.1) is 0 Å². The van der Waals surface area contributed by atoms with Crippen molar-refractivity contribution in [1.29, 1.82) is 0 Å². The molecule has 0 unspecified atom stereocenters. The van der Waals surface area contributed by atoms with Gasteiger partial charge in [-0.2, -0.15) is 10.2 Å². The molecule has 2 aromatic carbocycles. The molecule has 2 amide bonds. The molecule has 0 aliphatic heterocycles. The van der Waals surface area contributed by atoms with E-state index in [1.807, 2.05) is 50.5 Å². The lowest BCUT2D eigenvalue weighted by molar-refractivity contribution is 0.247. The van der Waals surface area contributed by atoms with Crippen LogP contribution >= 0.6 is 0 Å². The Bertz CT molecular complexity index is 1440. The normalized spacial score (nSPS) is 17.4. The van der Waals surface area contributed by atoms with Crippen molar-refractivity contribution in [1.82, 2.24) is 24.9 Å². The van der Waals surface area contributed by atoms with Gasteiger partial charge in [-0.25, -0.2) is 18.3 Å². The minimum atomic E-state index is -0.904. The smallest absolute Gasteiger partial charge is 0.320 e. The van der Waals surface area contributed by atoms with E-state index in [-0.39, 0.29) is 12.0 Å². The number of halogens is 2. The number of carbonyl (C=O) groups excluding carboxylic acids is 1. The Morgan fingerprint density at radius 1 is 1.11 bits per heavy atom. The third-order valence-electron chi connectivity index (χ3n) is 6.52. The number of carbonyl (C=O) groups is 1. The zero-order valence-corrected chi connectivity index (χ0v) is 20.0. The molecule has 184 valence electrons. The van der Waals surface area contributed by atoms with Gasteiger partial charge in [-0.1, -0.05) is 36.4 Å². The Morgan fingerprint density at radius 2 is 1.89 bits per heavy atom. The van der Waals surface area contributed by atoms with Gasteiger partial charge in [-0.05, 0) is 49.6 Å². The van der Waals surface area contributed by atoms with Gasteiger partial charge in [0, 0.05) is 36.3 Å². The average Bonchev–Trinajstić information content (AvgIpc) is 3.54. The molecule has 1 aliphatic rings. The third kappa shape index (κ3) is 4.51. The summed E-state index contributed by atoms with van der Waals surface area (Å²) in [6.07, 6.45) is 4.73. The van der Waals surface area contributed by atoms with Gasteiger partial charge in [-0.3, -0.25) is 10.00 Å². The van der Waals surface area contributed by atoms with E-state index in [1.165, 1.54) is 6.07 Å². The molecular weight excluding hydrogens is 462 g/mol. The SMILES string of the molecule is C=C1C[C@@H](NC(=O)Nc2c(C)c(-c3cnn(C)c3)nn2-c2ccccc2)[C@H](c2ccc(F)c(F)c2)C1. The first-order chi connectivity index (χ1) is 17.3. The number of aryl methyl sites for hydroxylation is 1. The highest BCUT2D eigenvalue weighted by Gasteiger charge is 2.33. The van der Waals surface area contributed by atoms with Gasteiger partial charge in [0.1, 0.15) is 11.5 Å². The van der Waals surface area contributed by atoms with Crippen LogP contribution in [0.4, 0.5) is 19.4 Å². The van der Waals surface area contributed by atoms with Gasteiger partial charge in [0.05, 0.1) is 11.9 Å².